The molecule has 0 aliphatic carbocycles. The summed E-state index contributed by atoms with van der Waals surface area (Å²) in [5.74, 6) is -3.20. The van der Waals surface area contributed by atoms with Crippen molar-refractivity contribution in [3.8, 4) is 0 Å². The number of aromatic amines is 1. The van der Waals surface area contributed by atoms with Crippen LogP contribution in [0.1, 0.15) is 10.6 Å². The SMILES string of the molecule is Nc1ncnc2c1ncn2[C@]1(NC(=O)c2ncc[nH]2)O[C@H](CO)[C@@H](O)[C@@]1(N)O. The third kappa shape index (κ3) is 2.36. The van der Waals surface area contributed by atoms with Crippen LogP contribution < -0.4 is 16.8 Å². The predicted molar refractivity (Wildman–Crippen MR) is 90.9 cm³/mol. The number of aliphatic hydroxyl groups excluding tert-OH is 2. The number of hydrogen-bond donors (Lipinski definition) is 7. The number of nitrogen functional groups attached to an aromatic ring is 1. The van der Waals surface area contributed by atoms with Crippen molar-refractivity contribution in [3.63, 3.8) is 0 Å². The van der Waals surface area contributed by atoms with Crippen LogP contribution in [0.4, 0.5) is 5.82 Å². The van der Waals surface area contributed by atoms with Crippen molar-refractivity contribution in [1.29, 1.82) is 0 Å². The van der Waals surface area contributed by atoms with Crippen LogP contribution in [0.2, 0.25) is 0 Å². The van der Waals surface area contributed by atoms with Crippen LogP contribution >= 0.6 is 0 Å². The smallest absolute Gasteiger partial charge is 0.290 e. The highest BCUT2D eigenvalue weighted by Crippen LogP contribution is 2.40. The van der Waals surface area contributed by atoms with Crippen molar-refractivity contribution >= 4 is 22.9 Å². The fourth-order valence-electron chi connectivity index (χ4n) is 3.12. The second kappa shape index (κ2) is 6.18. The van der Waals surface area contributed by atoms with Crippen LogP contribution in [0, 0.1) is 0 Å². The number of aromatic nitrogens is 6. The van der Waals surface area contributed by atoms with Gasteiger partial charge in [0.25, 0.3) is 11.8 Å². The van der Waals surface area contributed by atoms with E-state index in [0.717, 1.165) is 17.2 Å². The molecule has 14 heteroatoms. The topological polar surface area (TPSA) is 223 Å². The lowest BCUT2D eigenvalue weighted by atomic mass is 10.0. The van der Waals surface area contributed by atoms with E-state index < -0.39 is 36.3 Å². The molecule has 0 radical (unpaired) electrons. The maximum Gasteiger partial charge on any atom is 0.290 e. The van der Waals surface area contributed by atoms with Gasteiger partial charge in [0.15, 0.2) is 17.3 Å². The first kappa shape index (κ1) is 18.2. The lowest BCUT2D eigenvalue weighted by molar-refractivity contribution is -0.205. The Hall–Kier alpha value is -3.17. The number of hydrogen-bond acceptors (Lipinski definition) is 11. The third-order valence-electron chi connectivity index (χ3n) is 4.55. The third-order valence-corrected chi connectivity index (χ3v) is 4.55. The number of ether oxygens (including phenoxy) is 1. The van der Waals surface area contributed by atoms with Crippen LogP contribution in [-0.4, -0.2) is 75.3 Å². The fourth-order valence-corrected chi connectivity index (χ4v) is 3.12. The van der Waals surface area contributed by atoms with Crippen molar-refractivity contribution in [2.24, 2.45) is 5.73 Å². The Bertz CT molecular complexity index is 1020. The van der Waals surface area contributed by atoms with Gasteiger partial charge in [-0.25, -0.2) is 19.9 Å². The molecule has 0 spiro atoms. The molecule has 0 aromatic carbocycles. The molecule has 4 rings (SSSR count). The van der Waals surface area contributed by atoms with Crippen LogP contribution in [0.3, 0.4) is 0 Å². The minimum absolute atomic E-state index is 0.0362. The molecule has 3 aromatic rings. The summed E-state index contributed by atoms with van der Waals surface area (Å²) >= 11 is 0. The summed E-state index contributed by atoms with van der Waals surface area (Å²) in [6.45, 7) is -0.692. The quantitative estimate of drug-likeness (QED) is 0.217. The molecule has 1 aliphatic rings. The van der Waals surface area contributed by atoms with Gasteiger partial charge < -0.3 is 30.8 Å². The Morgan fingerprint density at radius 2 is 2.18 bits per heavy atom. The van der Waals surface area contributed by atoms with Gasteiger partial charge in [0, 0.05) is 12.4 Å². The molecule has 3 aromatic heterocycles. The molecule has 0 unspecified atom stereocenters. The van der Waals surface area contributed by atoms with Crippen LogP contribution in [0.25, 0.3) is 11.2 Å². The summed E-state index contributed by atoms with van der Waals surface area (Å²) in [4.78, 5) is 31.0. The first-order chi connectivity index (χ1) is 13.3. The largest absolute Gasteiger partial charge is 0.394 e. The van der Waals surface area contributed by atoms with Gasteiger partial charge in [0.2, 0.25) is 5.72 Å². The second-order valence-electron chi connectivity index (χ2n) is 6.19. The van der Waals surface area contributed by atoms with E-state index in [9.17, 15) is 20.1 Å². The monoisotopic (exact) mass is 391 g/mol. The average Bonchev–Trinajstić information content (AvgIpc) is 3.37. The highest BCUT2D eigenvalue weighted by Gasteiger charge is 2.66. The summed E-state index contributed by atoms with van der Waals surface area (Å²) < 4.78 is 6.76. The van der Waals surface area contributed by atoms with Crippen molar-refractivity contribution < 1.29 is 24.9 Å². The molecule has 9 N–H and O–H groups in total. The molecule has 148 valence electrons. The number of amides is 1. The molecule has 1 amide bonds. The van der Waals surface area contributed by atoms with Gasteiger partial charge in [0.05, 0.1) is 6.61 Å². The van der Waals surface area contributed by atoms with Crippen molar-refractivity contribution in [1.82, 2.24) is 34.8 Å². The van der Waals surface area contributed by atoms with Gasteiger partial charge in [-0.2, -0.15) is 0 Å². The number of anilines is 1. The number of carbonyl (C=O) groups excluding carboxylic acids is 1. The van der Waals surface area contributed by atoms with E-state index in [1.807, 2.05) is 0 Å². The van der Waals surface area contributed by atoms with E-state index in [2.05, 4.69) is 30.2 Å². The summed E-state index contributed by atoms with van der Waals surface area (Å²) in [5.41, 5.74) is 9.38. The zero-order chi connectivity index (χ0) is 20.1. The Morgan fingerprint density at radius 3 is 2.82 bits per heavy atom. The normalized spacial score (nSPS) is 30.0. The van der Waals surface area contributed by atoms with Crippen LogP contribution in [0.5, 0.6) is 0 Å². The number of H-pyrrole nitrogens is 1. The number of nitrogens with one attached hydrogen (secondary N) is 2. The maximum absolute atomic E-state index is 12.7. The zero-order valence-electron chi connectivity index (χ0n) is 14.2. The van der Waals surface area contributed by atoms with E-state index in [0.29, 0.717) is 0 Å². The molecule has 1 fully saturated rings. The highest BCUT2D eigenvalue weighted by atomic mass is 16.6. The second-order valence-corrected chi connectivity index (χ2v) is 6.19. The van der Waals surface area contributed by atoms with Crippen LogP contribution in [-0.2, 0) is 10.6 Å². The highest BCUT2D eigenvalue weighted by molar-refractivity contribution is 5.91. The Labute approximate surface area is 156 Å². The standard InChI is InChI=1S/C14H17N9O5/c15-9-7-11(20-4-19-9)23(5-21-7)14(22-12(26)10-17-1-2-18-10)13(16,27)8(25)6(3-24)28-14/h1-2,4-6,8,24-25,27H,3,16H2,(H,17,18)(H,22,26)(H2,15,19,20)/t6-,8-,13-,14+/m1/s1. The summed E-state index contributed by atoms with van der Waals surface area (Å²) in [5, 5.41) is 33.3. The maximum atomic E-state index is 12.7. The number of fused-ring (bicyclic) bond motifs is 1. The summed E-state index contributed by atoms with van der Waals surface area (Å²) in [6.07, 6.45) is 1.95. The van der Waals surface area contributed by atoms with Gasteiger partial charge in [0.1, 0.15) is 30.4 Å². The first-order valence-electron chi connectivity index (χ1n) is 8.05. The number of aliphatic hydroxyl groups is 3. The summed E-state index contributed by atoms with van der Waals surface area (Å²) in [6, 6.07) is 0. The number of imidazole rings is 2. The molecule has 1 aliphatic heterocycles. The predicted octanol–water partition coefficient (Wildman–Crippen LogP) is -3.43. The average molecular weight is 391 g/mol. The number of nitrogens with zero attached hydrogens (tertiary/aromatic N) is 5. The number of carbonyl (C=O) groups is 1. The van der Waals surface area contributed by atoms with Crippen molar-refractivity contribution in [3.05, 3.63) is 30.9 Å². The van der Waals surface area contributed by atoms with E-state index in [-0.39, 0.29) is 22.8 Å². The molecule has 4 heterocycles. The van der Waals surface area contributed by atoms with Gasteiger partial charge in [-0.15, -0.1) is 0 Å². The van der Waals surface area contributed by atoms with Gasteiger partial charge in [-0.1, -0.05) is 0 Å². The summed E-state index contributed by atoms with van der Waals surface area (Å²) in [7, 11) is 0. The minimum Gasteiger partial charge on any atom is -0.394 e. The minimum atomic E-state index is -2.60. The van der Waals surface area contributed by atoms with Gasteiger partial charge in [-0.3, -0.25) is 20.4 Å². The van der Waals surface area contributed by atoms with E-state index in [1.165, 1.54) is 12.4 Å². The number of rotatable bonds is 4. The molecule has 4 atom stereocenters. The Kier molecular flexibility index (Phi) is 4.02. The molecule has 1 saturated heterocycles. The molecular weight excluding hydrogens is 374 g/mol. The van der Waals surface area contributed by atoms with Crippen molar-refractivity contribution in [2.45, 2.75) is 23.8 Å². The lowest BCUT2D eigenvalue weighted by Crippen LogP contribution is -2.70. The zero-order valence-corrected chi connectivity index (χ0v) is 14.2. The molecule has 28 heavy (non-hydrogen) atoms. The van der Waals surface area contributed by atoms with Gasteiger partial charge >= 0.3 is 0 Å². The van der Waals surface area contributed by atoms with Gasteiger partial charge in [-0.05, 0) is 0 Å². The van der Waals surface area contributed by atoms with E-state index in [1.54, 1.807) is 0 Å². The van der Waals surface area contributed by atoms with E-state index in [4.69, 9.17) is 16.2 Å². The van der Waals surface area contributed by atoms with Crippen LogP contribution in [0.15, 0.2) is 25.0 Å². The lowest BCUT2D eigenvalue weighted by Gasteiger charge is -2.39. The Balaban J connectivity index is 1.91. The molecule has 14 nitrogen and oxygen atoms in total. The molecule has 0 bridgehead atoms. The molecular formula is C14H17N9O5. The van der Waals surface area contributed by atoms with Crippen molar-refractivity contribution in [2.75, 3.05) is 12.3 Å². The van der Waals surface area contributed by atoms with E-state index >= 15 is 0 Å². The molecule has 0 saturated carbocycles. The fraction of sp³-hybridized carbons (Fsp3) is 0.357. The Morgan fingerprint density at radius 1 is 1.39 bits per heavy atom. The first-order valence-corrected chi connectivity index (χ1v) is 8.05. The number of nitrogens with two attached hydrogens (primary N) is 2.